The Morgan fingerprint density at radius 1 is 1.13 bits per heavy atom. The van der Waals surface area contributed by atoms with Crippen molar-refractivity contribution >= 4 is 9.84 Å². The summed E-state index contributed by atoms with van der Waals surface area (Å²) >= 11 is 0. The maximum absolute atomic E-state index is 11.6. The van der Waals surface area contributed by atoms with Crippen LogP contribution in [0.3, 0.4) is 0 Å². The molecule has 1 atom stereocenters. The van der Waals surface area contributed by atoms with Crippen molar-refractivity contribution in [2.24, 2.45) is 5.92 Å². The van der Waals surface area contributed by atoms with Gasteiger partial charge in [-0.1, -0.05) is 33.6 Å². The van der Waals surface area contributed by atoms with Crippen molar-refractivity contribution in [2.45, 2.75) is 45.3 Å². The second kappa shape index (κ2) is 7.23. The molecule has 92 valence electrons. The molecule has 0 aromatic carbocycles. The molecule has 4 heteroatoms. The van der Waals surface area contributed by atoms with Crippen LogP contribution in [0.1, 0.15) is 40.0 Å². The van der Waals surface area contributed by atoms with E-state index in [1.807, 2.05) is 0 Å². The van der Waals surface area contributed by atoms with Crippen LogP contribution < -0.4 is 5.32 Å². The van der Waals surface area contributed by atoms with E-state index in [2.05, 4.69) is 26.1 Å². The van der Waals surface area contributed by atoms with Gasteiger partial charge < -0.3 is 5.32 Å². The number of sulfone groups is 1. The minimum absolute atomic E-state index is 0.223. The van der Waals surface area contributed by atoms with E-state index in [1.165, 1.54) is 6.26 Å². The van der Waals surface area contributed by atoms with Crippen LogP contribution in [0.25, 0.3) is 0 Å². The van der Waals surface area contributed by atoms with Crippen molar-refractivity contribution in [3.8, 4) is 0 Å². The highest BCUT2D eigenvalue weighted by atomic mass is 32.2. The highest BCUT2D eigenvalue weighted by molar-refractivity contribution is 7.91. The topological polar surface area (TPSA) is 46.2 Å². The highest BCUT2D eigenvalue weighted by Crippen LogP contribution is 2.18. The van der Waals surface area contributed by atoms with Gasteiger partial charge in [-0.15, -0.1) is 0 Å². The number of hydrogen-bond donors (Lipinski definition) is 1. The summed E-state index contributed by atoms with van der Waals surface area (Å²) in [6, 6.07) is 0. The Kier molecular flexibility index (Phi) is 7.18. The maximum Gasteiger partial charge on any atom is 0.151 e. The molecular formula is C11H25NO2S. The Morgan fingerprint density at radius 3 is 2.00 bits per heavy atom. The standard InChI is InChI=1S/C11H25NO2S/c1-5-8-12-9-11(15(4,13)14)10(6-2)7-3/h10-12H,5-9H2,1-4H3. The first-order valence-electron chi connectivity index (χ1n) is 5.86. The van der Waals surface area contributed by atoms with Gasteiger partial charge in [0.1, 0.15) is 0 Å². The summed E-state index contributed by atoms with van der Waals surface area (Å²) in [6.07, 6.45) is 4.26. The molecule has 0 aliphatic heterocycles. The largest absolute Gasteiger partial charge is 0.315 e. The van der Waals surface area contributed by atoms with Crippen molar-refractivity contribution in [1.82, 2.24) is 5.32 Å². The van der Waals surface area contributed by atoms with E-state index in [-0.39, 0.29) is 11.2 Å². The van der Waals surface area contributed by atoms with E-state index in [1.54, 1.807) is 0 Å². The second-order valence-electron chi connectivity index (χ2n) is 4.15. The van der Waals surface area contributed by atoms with Crippen LogP contribution in [0, 0.1) is 5.92 Å². The number of hydrogen-bond acceptors (Lipinski definition) is 3. The summed E-state index contributed by atoms with van der Waals surface area (Å²) in [5, 5.41) is 2.99. The Morgan fingerprint density at radius 2 is 1.67 bits per heavy atom. The molecule has 0 rings (SSSR count). The van der Waals surface area contributed by atoms with Gasteiger partial charge in [-0.3, -0.25) is 0 Å². The quantitative estimate of drug-likeness (QED) is 0.653. The second-order valence-corrected chi connectivity index (χ2v) is 6.41. The predicted octanol–water partition coefficient (Wildman–Crippen LogP) is 1.84. The van der Waals surface area contributed by atoms with Crippen LogP contribution in [0.5, 0.6) is 0 Å². The first-order chi connectivity index (χ1) is 6.97. The van der Waals surface area contributed by atoms with Gasteiger partial charge in [0, 0.05) is 12.8 Å². The van der Waals surface area contributed by atoms with Gasteiger partial charge in [0.2, 0.25) is 0 Å². The van der Waals surface area contributed by atoms with Crippen LogP contribution >= 0.6 is 0 Å². The van der Waals surface area contributed by atoms with Crippen LogP contribution in [0.15, 0.2) is 0 Å². The third-order valence-electron chi connectivity index (χ3n) is 2.90. The van der Waals surface area contributed by atoms with Gasteiger partial charge in [0.15, 0.2) is 9.84 Å². The van der Waals surface area contributed by atoms with E-state index in [4.69, 9.17) is 0 Å². The van der Waals surface area contributed by atoms with Crippen molar-refractivity contribution in [1.29, 1.82) is 0 Å². The lowest BCUT2D eigenvalue weighted by Crippen LogP contribution is -2.38. The zero-order chi connectivity index (χ0) is 11.9. The lowest BCUT2D eigenvalue weighted by molar-refractivity contribution is 0.431. The Balaban J connectivity index is 4.44. The van der Waals surface area contributed by atoms with Crippen molar-refractivity contribution in [3.63, 3.8) is 0 Å². The van der Waals surface area contributed by atoms with Gasteiger partial charge in [0.25, 0.3) is 0 Å². The van der Waals surface area contributed by atoms with Gasteiger partial charge in [-0.2, -0.15) is 0 Å². The molecule has 0 saturated carbocycles. The van der Waals surface area contributed by atoms with Crippen LogP contribution in [-0.4, -0.2) is 33.0 Å². The minimum atomic E-state index is -2.93. The fourth-order valence-electron chi connectivity index (χ4n) is 1.90. The Bertz CT molecular complexity index is 245. The molecule has 0 aliphatic rings. The molecule has 0 aromatic rings. The van der Waals surface area contributed by atoms with Crippen LogP contribution in [0.4, 0.5) is 0 Å². The molecular weight excluding hydrogens is 210 g/mol. The van der Waals surface area contributed by atoms with Crippen molar-refractivity contribution < 1.29 is 8.42 Å². The van der Waals surface area contributed by atoms with Crippen molar-refractivity contribution in [3.05, 3.63) is 0 Å². The molecule has 3 nitrogen and oxygen atoms in total. The molecule has 1 N–H and O–H groups in total. The summed E-state index contributed by atoms with van der Waals surface area (Å²) in [7, 11) is -2.93. The molecule has 0 aliphatic carbocycles. The molecule has 0 amide bonds. The molecule has 0 heterocycles. The Hall–Kier alpha value is -0.0900. The SMILES string of the molecule is CCCNCC(C(CC)CC)S(C)(=O)=O. The fourth-order valence-corrected chi connectivity index (χ4v) is 3.41. The average molecular weight is 235 g/mol. The Labute approximate surface area is 94.6 Å². The first-order valence-corrected chi connectivity index (χ1v) is 7.82. The monoisotopic (exact) mass is 235 g/mol. The van der Waals surface area contributed by atoms with E-state index in [0.717, 1.165) is 25.8 Å². The summed E-state index contributed by atoms with van der Waals surface area (Å²) in [5.74, 6) is 0.282. The number of rotatable bonds is 8. The maximum atomic E-state index is 11.6. The van der Waals surface area contributed by atoms with Gasteiger partial charge in [0.05, 0.1) is 5.25 Å². The third-order valence-corrected chi connectivity index (χ3v) is 4.55. The number of nitrogens with one attached hydrogen (secondary N) is 1. The summed E-state index contributed by atoms with van der Waals surface area (Å²) < 4.78 is 23.3. The molecule has 1 unspecified atom stereocenters. The molecule has 0 saturated heterocycles. The predicted molar refractivity (Wildman–Crippen MR) is 65.9 cm³/mol. The van der Waals surface area contributed by atoms with Gasteiger partial charge >= 0.3 is 0 Å². The molecule has 0 spiro atoms. The normalized spacial score (nSPS) is 14.5. The van der Waals surface area contributed by atoms with Gasteiger partial charge in [-0.25, -0.2) is 8.42 Å². The zero-order valence-electron chi connectivity index (χ0n) is 10.4. The lowest BCUT2D eigenvalue weighted by Gasteiger charge is -2.23. The van der Waals surface area contributed by atoms with E-state index in [9.17, 15) is 8.42 Å². The molecule has 0 bridgehead atoms. The lowest BCUT2D eigenvalue weighted by atomic mass is 9.99. The average Bonchev–Trinajstić information content (AvgIpc) is 2.16. The zero-order valence-corrected chi connectivity index (χ0v) is 11.2. The third kappa shape index (κ3) is 5.52. The van der Waals surface area contributed by atoms with E-state index >= 15 is 0 Å². The molecule has 0 aromatic heterocycles. The van der Waals surface area contributed by atoms with Gasteiger partial charge in [-0.05, 0) is 18.9 Å². The minimum Gasteiger partial charge on any atom is -0.315 e. The van der Waals surface area contributed by atoms with E-state index in [0.29, 0.717) is 6.54 Å². The summed E-state index contributed by atoms with van der Waals surface area (Å²) in [4.78, 5) is 0. The molecule has 15 heavy (non-hydrogen) atoms. The first kappa shape index (κ1) is 14.9. The molecule has 0 fully saturated rings. The summed E-state index contributed by atoms with van der Waals surface area (Å²) in [6.45, 7) is 7.70. The molecule has 0 radical (unpaired) electrons. The van der Waals surface area contributed by atoms with Crippen molar-refractivity contribution in [2.75, 3.05) is 19.3 Å². The summed E-state index contributed by atoms with van der Waals surface area (Å²) in [5.41, 5.74) is 0. The van der Waals surface area contributed by atoms with Crippen LogP contribution in [0.2, 0.25) is 0 Å². The highest BCUT2D eigenvalue weighted by Gasteiger charge is 2.27. The van der Waals surface area contributed by atoms with E-state index < -0.39 is 9.84 Å². The smallest absolute Gasteiger partial charge is 0.151 e. The fraction of sp³-hybridized carbons (Fsp3) is 1.00. The van der Waals surface area contributed by atoms with Crippen LogP contribution in [-0.2, 0) is 9.84 Å².